The fraction of sp³-hybridized carbons (Fsp3) is 0.192. The lowest BCUT2D eigenvalue weighted by atomic mass is 9.95. The maximum Gasteiger partial charge on any atom is 0.338 e. The van der Waals surface area contributed by atoms with Crippen LogP contribution in [0.25, 0.3) is 6.08 Å². The first-order valence-corrected chi connectivity index (χ1v) is 11.9. The number of benzene rings is 2. The second kappa shape index (κ2) is 10.6. The number of carbonyl (C=O) groups excluding carboxylic acids is 1. The van der Waals surface area contributed by atoms with Gasteiger partial charge in [-0.05, 0) is 48.4 Å². The summed E-state index contributed by atoms with van der Waals surface area (Å²) in [6.07, 6.45) is 3.09. The van der Waals surface area contributed by atoms with E-state index < -0.39 is 16.9 Å². The molecule has 0 N–H and O–H groups in total. The van der Waals surface area contributed by atoms with Crippen molar-refractivity contribution in [1.29, 1.82) is 0 Å². The molecule has 0 saturated carbocycles. The van der Waals surface area contributed by atoms with Crippen molar-refractivity contribution < 1.29 is 23.9 Å². The van der Waals surface area contributed by atoms with Gasteiger partial charge in [-0.1, -0.05) is 30.1 Å². The number of esters is 1. The molecule has 1 aromatic heterocycles. The molecule has 190 valence electrons. The Hall–Kier alpha value is -4.51. The van der Waals surface area contributed by atoms with Gasteiger partial charge < -0.3 is 14.2 Å². The minimum absolute atomic E-state index is 0.00116. The number of aromatic nitrogens is 1. The summed E-state index contributed by atoms with van der Waals surface area (Å²) < 4.78 is 17.9. The summed E-state index contributed by atoms with van der Waals surface area (Å²) in [5, 5.41) is 11.0. The minimum atomic E-state index is -0.840. The van der Waals surface area contributed by atoms with Crippen LogP contribution in [-0.2, 0) is 9.53 Å². The SMILES string of the molecule is C=CCOC(=O)C1=C(C)N=c2sc(=Cc3ccc([N+](=O)[O-])cc3)c(=O)n2C1c1ccc(OC)c(OC)c1. The lowest BCUT2D eigenvalue weighted by Crippen LogP contribution is -2.40. The van der Waals surface area contributed by atoms with Crippen molar-refractivity contribution in [3.8, 4) is 11.5 Å². The van der Waals surface area contributed by atoms with Crippen molar-refractivity contribution in [3.05, 3.63) is 107 Å². The second-order valence-corrected chi connectivity index (χ2v) is 8.94. The highest BCUT2D eigenvalue weighted by atomic mass is 32.1. The van der Waals surface area contributed by atoms with Crippen molar-refractivity contribution in [2.75, 3.05) is 20.8 Å². The molecule has 4 rings (SSSR count). The molecule has 2 heterocycles. The molecule has 1 aliphatic heterocycles. The number of nitro groups is 1. The smallest absolute Gasteiger partial charge is 0.338 e. The standard InChI is InChI=1S/C26H23N3O7S/c1-5-12-36-25(31)22-15(2)27-26-28(23(22)17-8-11-19(34-3)20(14-17)35-4)24(30)21(37-26)13-16-6-9-18(10-7-16)29(32)33/h5-11,13-14,23H,1,12H2,2-4H3. The molecule has 1 unspecified atom stereocenters. The first kappa shape index (κ1) is 25.6. The molecule has 11 heteroatoms. The highest BCUT2D eigenvalue weighted by Gasteiger charge is 2.34. The van der Waals surface area contributed by atoms with Crippen LogP contribution in [0.5, 0.6) is 11.5 Å². The molecule has 1 atom stereocenters. The van der Waals surface area contributed by atoms with Crippen LogP contribution in [0.2, 0.25) is 0 Å². The fourth-order valence-electron chi connectivity index (χ4n) is 3.98. The number of methoxy groups -OCH3 is 2. The van der Waals surface area contributed by atoms with E-state index in [4.69, 9.17) is 14.2 Å². The van der Waals surface area contributed by atoms with Crippen molar-refractivity contribution >= 4 is 29.1 Å². The number of allylic oxidation sites excluding steroid dienone is 1. The normalized spacial score (nSPS) is 15.0. The van der Waals surface area contributed by atoms with E-state index in [1.54, 1.807) is 43.3 Å². The van der Waals surface area contributed by atoms with E-state index in [-0.39, 0.29) is 23.4 Å². The van der Waals surface area contributed by atoms with Crippen LogP contribution in [0.3, 0.4) is 0 Å². The van der Waals surface area contributed by atoms with Gasteiger partial charge in [0.1, 0.15) is 6.61 Å². The molecule has 0 saturated heterocycles. The Morgan fingerprint density at radius 2 is 1.89 bits per heavy atom. The van der Waals surface area contributed by atoms with Crippen molar-refractivity contribution in [2.24, 2.45) is 4.99 Å². The maximum absolute atomic E-state index is 13.7. The van der Waals surface area contributed by atoms with E-state index in [9.17, 15) is 19.7 Å². The molecule has 0 radical (unpaired) electrons. The fourth-order valence-corrected chi connectivity index (χ4v) is 5.02. The van der Waals surface area contributed by atoms with E-state index in [1.807, 2.05) is 0 Å². The Labute approximate surface area is 215 Å². The monoisotopic (exact) mass is 521 g/mol. The highest BCUT2D eigenvalue weighted by molar-refractivity contribution is 7.07. The van der Waals surface area contributed by atoms with E-state index in [0.717, 1.165) is 11.3 Å². The summed E-state index contributed by atoms with van der Waals surface area (Å²) in [6, 6.07) is 10.2. The first-order valence-electron chi connectivity index (χ1n) is 11.1. The van der Waals surface area contributed by atoms with Gasteiger partial charge in [-0.2, -0.15) is 0 Å². The number of fused-ring (bicyclic) bond motifs is 1. The van der Waals surface area contributed by atoms with E-state index in [2.05, 4.69) is 11.6 Å². The molecule has 10 nitrogen and oxygen atoms in total. The Balaban J connectivity index is 1.92. The van der Waals surface area contributed by atoms with Gasteiger partial charge in [0.25, 0.3) is 11.2 Å². The first-order chi connectivity index (χ1) is 17.8. The predicted octanol–water partition coefficient (Wildman–Crippen LogP) is 2.89. The zero-order chi connectivity index (χ0) is 26.7. The molecule has 0 fully saturated rings. The number of carbonyl (C=O) groups is 1. The van der Waals surface area contributed by atoms with Crippen LogP contribution in [-0.4, -0.2) is 36.3 Å². The molecule has 0 bridgehead atoms. The molecular weight excluding hydrogens is 498 g/mol. The third kappa shape index (κ3) is 4.94. The summed E-state index contributed by atoms with van der Waals surface area (Å²) in [5.41, 5.74) is 1.41. The number of thiazole rings is 1. The van der Waals surface area contributed by atoms with Crippen LogP contribution in [0, 0.1) is 10.1 Å². The predicted molar refractivity (Wildman–Crippen MR) is 138 cm³/mol. The van der Waals surface area contributed by atoms with E-state index in [1.165, 1.54) is 37.0 Å². The second-order valence-electron chi connectivity index (χ2n) is 7.93. The topological polar surface area (TPSA) is 122 Å². The lowest BCUT2D eigenvalue weighted by Gasteiger charge is -2.25. The number of ether oxygens (including phenoxy) is 3. The van der Waals surface area contributed by atoms with Crippen LogP contribution < -0.4 is 24.4 Å². The Morgan fingerprint density at radius 1 is 1.19 bits per heavy atom. The number of hydrogen-bond donors (Lipinski definition) is 0. The van der Waals surface area contributed by atoms with Crippen molar-refractivity contribution in [3.63, 3.8) is 0 Å². The molecular formula is C26H23N3O7S. The summed E-state index contributed by atoms with van der Waals surface area (Å²) in [4.78, 5) is 42.2. The van der Waals surface area contributed by atoms with Gasteiger partial charge in [-0.25, -0.2) is 9.79 Å². The van der Waals surface area contributed by atoms with Gasteiger partial charge in [0.15, 0.2) is 16.3 Å². The molecule has 0 aliphatic carbocycles. The maximum atomic E-state index is 13.7. The van der Waals surface area contributed by atoms with E-state index >= 15 is 0 Å². The van der Waals surface area contributed by atoms with Crippen molar-refractivity contribution in [1.82, 2.24) is 4.57 Å². The van der Waals surface area contributed by atoms with Gasteiger partial charge in [0.05, 0.1) is 41.0 Å². The average molecular weight is 522 g/mol. The Bertz CT molecular complexity index is 1600. The highest BCUT2D eigenvalue weighted by Crippen LogP contribution is 2.36. The molecule has 0 spiro atoms. The van der Waals surface area contributed by atoms with Gasteiger partial charge in [0.2, 0.25) is 0 Å². The van der Waals surface area contributed by atoms with Crippen LogP contribution in [0.1, 0.15) is 24.1 Å². The number of nitro benzene ring substituents is 1. The van der Waals surface area contributed by atoms with Crippen LogP contribution >= 0.6 is 11.3 Å². The molecule has 3 aromatic rings. The molecule has 37 heavy (non-hydrogen) atoms. The summed E-state index contributed by atoms with van der Waals surface area (Å²) in [5.74, 6) is 0.306. The number of hydrogen-bond acceptors (Lipinski definition) is 9. The van der Waals surface area contributed by atoms with Crippen molar-refractivity contribution in [2.45, 2.75) is 13.0 Å². The van der Waals surface area contributed by atoms with Gasteiger partial charge in [-0.15, -0.1) is 0 Å². The van der Waals surface area contributed by atoms with E-state index in [0.29, 0.717) is 37.7 Å². The van der Waals surface area contributed by atoms with Gasteiger partial charge >= 0.3 is 5.97 Å². The zero-order valence-corrected chi connectivity index (χ0v) is 21.1. The summed E-state index contributed by atoms with van der Waals surface area (Å²) in [6.45, 7) is 5.27. The molecule has 2 aromatic carbocycles. The van der Waals surface area contributed by atoms with Gasteiger partial charge in [-0.3, -0.25) is 19.5 Å². The largest absolute Gasteiger partial charge is 0.493 e. The van der Waals surface area contributed by atoms with Crippen LogP contribution in [0.4, 0.5) is 5.69 Å². The number of nitrogens with zero attached hydrogens (tertiary/aromatic N) is 3. The van der Waals surface area contributed by atoms with Crippen LogP contribution in [0.15, 0.2) is 76.2 Å². The van der Waals surface area contributed by atoms with Gasteiger partial charge in [0, 0.05) is 12.1 Å². The zero-order valence-electron chi connectivity index (χ0n) is 20.3. The number of non-ortho nitro benzene ring substituents is 1. The summed E-state index contributed by atoms with van der Waals surface area (Å²) in [7, 11) is 3.01. The third-order valence-corrected chi connectivity index (χ3v) is 6.68. The molecule has 0 amide bonds. The lowest BCUT2D eigenvalue weighted by molar-refractivity contribution is -0.384. The Kier molecular flexibility index (Phi) is 7.35. The third-order valence-electron chi connectivity index (χ3n) is 5.70. The Morgan fingerprint density at radius 3 is 2.51 bits per heavy atom. The summed E-state index contributed by atoms with van der Waals surface area (Å²) >= 11 is 1.15. The average Bonchev–Trinajstić information content (AvgIpc) is 3.20. The number of rotatable bonds is 8. The quantitative estimate of drug-likeness (QED) is 0.193. The minimum Gasteiger partial charge on any atom is -0.493 e. The molecule has 1 aliphatic rings.